The van der Waals surface area contributed by atoms with Crippen LogP contribution in [0.25, 0.3) is 54.3 Å². The molecule has 0 saturated heterocycles. The molecule has 5 aromatic carbocycles. The van der Waals surface area contributed by atoms with E-state index in [2.05, 4.69) is 68.4 Å². The number of aromatic nitrogens is 1. The first-order chi connectivity index (χ1) is 15.1. The third-order valence-electron chi connectivity index (χ3n) is 6.21. The van der Waals surface area contributed by atoms with E-state index in [0.717, 1.165) is 32.8 Å². The molecule has 148 valence electrons. The van der Waals surface area contributed by atoms with Gasteiger partial charge in [-0.05, 0) is 81.9 Å². The lowest BCUT2D eigenvalue weighted by Gasteiger charge is -2.12. The van der Waals surface area contributed by atoms with Crippen LogP contribution < -0.4 is 0 Å². The third kappa shape index (κ3) is 2.79. The Morgan fingerprint density at radius 1 is 0.548 bits per heavy atom. The molecule has 6 rings (SSSR count). The molecule has 0 aliphatic carbocycles. The van der Waals surface area contributed by atoms with E-state index in [1.165, 1.54) is 38.7 Å². The molecule has 0 N–H and O–H groups in total. The van der Waals surface area contributed by atoms with Crippen LogP contribution >= 0.6 is 0 Å². The van der Waals surface area contributed by atoms with Crippen molar-refractivity contribution < 1.29 is 4.39 Å². The van der Waals surface area contributed by atoms with Gasteiger partial charge in [0, 0.05) is 17.1 Å². The molecule has 0 unspecified atom stereocenters. The molecule has 0 saturated carbocycles. The van der Waals surface area contributed by atoms with E-state index in [0.29, 0.717) is 0 Å². The van der Waals surface area contributed by atoms with Crippen molar-refractivity contribution in [2.24, 2.45) is 0 Å². The summed E-state index contributed by atoms with van der Waals surface area (Å²) in [5.74, 6) is -0.204. The summed E-state index contributed by atoms with van der Waals surface area (Å²) in [6, 6.07) is 26.6. The lowest BCUT2D eigenvalue weighted by atomic mass is 9.93. The van der Waals surface area contributed by atoms with Crippen LogP contribution in [-0.4, -0.2) is 4.98 Å². The maximum Gasteiger partial charge on any atom is 0.123 e. The molecule has 1 heterocycles. The minimum atomic E-state index is -0.204. The van der Waals surface area contributed by atoms with Crippen molar-refractivity contribution in [1.82, 2.24) is 4.98 Å². The molecular formula is C29H20FN. The topological polar surface area (TPSA) is 12.9 Å². The Morgan fingerprint density at radius 2 is 1.10 bits per heavy atom. The Kier molecular flexibility index (Phi) is 3.85. The molecule has 0 aliphatic heterocycles. The van der Waals surface area contributed by atoms with Gasteiger partial charge in [-0.3, -0.25) is 4.98 Å². The minimum Gasteiger partial charge on any atom is -0.256 e. The molecule has 0 spiro atoms. The van der Waals surface area contributed by atoms with Crippen LogP contribution in [-0.2, 0) is 0 Å². The zero-order chi connectivity index (χ0) is 21.1. The normalized spacial score (nSPS) is 11.7. The summed E-state index contributed by atoms with van der Waals surface area (Å²) in [4.78, 5) is 4.74. The Hall–Kier alpha value is -3.78. The van der Waals surface area contributed by atoms with Gasteiger partial charge in [-0.1, -0.05) is 59.7 Å². The predicted molar refractivity (Wildman–Crippen MR) is 129 cm³/mol. The molecule has 0 atom stereocenters. The fraction of sp³-hybridized carbons (Fsp3) is 0.0690. The maximum atomic E-state index is 13.7. The molecular weight excluding hydrogens is 381 g/mol. The SMILES string of the molecule is Cc1cc(C)cc(-c2nccc3c2ccc2c3ccc3c4ccc(F)cc4ccc32)c1. The van der Waals surface area contributed by atoms with E-state index in [-0.39, 0.29) is 5.82 Å². The largest absolute Gasteiger partial charge is 0.256 e. The number of hydrogen-bond donors (Lipinski definition) is 0. The van der Waals surface area contributed by atoms with E-state index in [1.54, 1.807) is 6.07 Å². The molecule has 6 aromatic rings. The summed E-state index contributed by atoms with van der Waals surface area (Å²) in [7, 11) is 0. The number of rotatable bonds is 1. The number of hydrogen-bond acceptors (Lipinski definition) is 1. The molecule has 0 aliphatic rings. The molecule has 0 radical (unpaired) electrons. The van der Waals surface area contributed by atoms with Crippen molar-refractivity contribution in [2.45, 2.75) is 13.8 Å². The quantitative estimate of drug-likeness (QED) is 0.254. The molecule has 0 fully saturated rings. The van der Waals surface area contributed by atoms with Crippen LogP contribution in [0.4, 0.5) is 4.39 Å². The average Bonchev–Trinajstić information content (AvgIpc) is 2.77. The maximum absolute atomic E-state index is 13.7. The van der Waals surface area contributed by atoms with Crippen molar-refractivity contribution >= 4 is 43.1 Å². The summed E-state index contributed by atoms with van der Waals surface area (Å²) < 4.78 is 13.7. The predicted octanol–water partition coefficient (Wildman–Crippen LogP) is 8.12. The van der Waals surface area contributed by atoms with Crippen LogP contribution in [0.2, 0.25) is 0 Å². The van der Waals surface area contributed by atoms with Crippen molar-refractivity contribution in [3.8, 4) is 11.3 Å². The Labute approximate surface area is 179 Å². The van der Waals surface area contributed by atoms with Gasteiger partial charge in [0.25, 0.3) is 0 Å². The van der Waals surface area contributed by atoms with Crippen LogP contribution in [0.5, 0.6) is 0 Å². The summed E-state index contributed by atoms with van der Waals surface area (Å²) in [6.45, 7) is 4.25. The fourth-order valence-corrected chi connectivity index (χ4v) is 4.94. The molecule has 0 bridgehead atoms. The van der Waals surface area contributed by atoms with Crippen LogP contribution in [0, 0.1) is 19.7 Å². The van der Waals surface area contributed by atoms with Crippen molar-refractivity contribution in [3.63, 3.8) is 0 Å². The highest BCUT2D eigenvalue weighted by Crippen LogP contribution is 2.37. The van der Waals surface area contributed by atoms with E-state index in [1.807, 2.05) is 18.3 Å². The number of halogens is 1. The standard InChI is InChI=1S/C29H20FN/c1-17-13-18(2)15-20(14-17)29-28-10-9-25-24-5-3-19-16-21(30)4-6-22(19)23(24)7-8-26(25)27(28)11-12-31-29/h3-16H,1-2H3. The van der Waals surface area contributed by atoms with E-state index >= 15 is 0 Å². The number of fused-ring (bicyclic) bond motifs is 7. The second-order valence-electron chi connectivity index (χ2n) is 8.38. The average molecular weight is 401 g/mol. The second kappa shape index (κ2) is 6.61. The van der Waals surface area contributed by atoms with Gasteiger partial charge in [-0.25, -0.2) is 4.39 Å². The van der Waals surface area contributed by atoms with E-state index < -0.39 is 0 Å². The van der Waals surface area contributed by atoms with Gasteiger partial charge in [-0.2, -0.15) is 0 Å². The Bertz CT molecular complexity index is 1640. The van der Waals surface area contributed by atoms with Gasteiger partial charge in [-0.15, -0.1) is 0 Å². The second-order valence-corrected chi connectivity index (χ2v) is 8.38. The minimum absolute atomic E-state index is 0.204. The molecule has 0 amide bonds. The van der Waals surface area contributed by atoms with Crippen LogP contribution in [0.1, 0.15) is 11.1 Å². The smallest absolute Gasteiger partial charge is 0.123 e. The Morgan fingerprint density at radius 3 is 1.81 bits per heavy atom. The first-order valence-electron chi connectivity index (χ1n) is 10.5. The third-order valence-corrected chi connectivity index (χ3v) is 6.21. The number of pyridine rings is 1. The van der Waals surface area contributed by atoms with Crippen molar-refractivity contribution in [3.05, 3.63) is 102 Å². The van der Waals surface area contributed by atoms with E-state index in [4.69, 9.17) is 4.98 Å². The summed E-state index contributed by atoms with van der Waals surface area (Å²) in [5.41, 5.74) is 4.64. The molecule has 31 heavy (non-hydrogen) atoms. The number of aryl methyl sites for hydroxylation is 2. The highest BCUT2D eigenvalue weighted by molar-refractivity contribution is 6.23. The molecule has 2 heteroatoms. The summed E-state index contributed by atoms with van der Waals surface area (Å²) in [6.07, 6.45) is 1.90. The lowest BCUT2D eigenvalue weighted by molar-refractivity contribution is 0.630. The van der Waals surface area contributed by atoms with E-state index in [9.17, 15) is 4.39 Å². The summed E-state index contributed by atoms with van der Waals surface area (Å²) in [5, 5.41) is 9.09. The number of nitrogens with zero attached hydrogens (tertiary/aromatic N) is 1. The van der Waals surface area contributed by atoms with Gasteiger partial charge in [0.05, 0.1) is 5.69 Å². The highest BCUT2D eigenvalue weighted by atomic mass is 19.1. The van der Waals surface area contributed by atoms with Gasteiger partial charge in [0.2, 0.25) is 0 Å². The van der Waals surface area contributed by atoms with Crippen LogP contribution in [0.15, 0.2) is 85.1 Å². The zero-order valence-electron chi connectivity index (χ0n) is 17.4. The molecule has 1 aromatic heterocycles. The highest BCUT2D eigenvalue weighted by Gasteiger charge is 2.11. The van der Waals surface area contributed by atoms with Crippen LogP contribution in [0.3, 0.4) is 0 Å². The monoisotopic (exact) mass is 401 g/mol. The van der Waals surface area contributed by atoms with Crippen molar-refractivity contribution in [2.75, 3.05) is 0 Å². The zero-order valence-corrected chi connectivity index (χ0v) is 17.4. The first kappa shape index (κ1) is 18.0. The van der Waals surface area contributed by atoms with Gasteiger partial charge < -0.3 is 0 Å². The number of benzene rings is 5. The Balaban J connectivity index is 1.68. The van der Waals surface area contributed by atoms with Crippen molar-refractivity contribution in [1.29, 1.82) is 0 Å². The molecule has 1 nitrogen and oxygen atoms in total. The fourth-order valence-electron chi connectivity index (χ4n) is 4.94. The van der Waals surface area contributed by atoms with Gasteiger partial charge in [0.1, 0.15) is 5.82 Å². The van der Waals surface area contributed by atoms with Gasteiger partial charge >= 0.3 is 0 Å². The lowest BCUT2D eigenvalue weighted by Crippen LogP contribution is -1.90. The summed E-state index contributed by atoms with van der Waals surface area (Å²) >= 11 is 0. The first-order valence-corrected chi connectivity index (χ1v) is 10.5. The van der Waals surface area contributed by atoms with Gasteiger partial charge in [0.15, 0.2) is 0 Å².